The van der Waals surface area contributed by atoms with Crippen molar-refractivity contribution in [3.63, 3.8) is 0 Å². The lowest BCUT2D eigenvalue weighted by Gasteiger charge is -2.05. The Hall–Kier alpha value is -1.42. The molecule has 2 N–H and O–H groups in total. The number of thioether (sulfide) groups is 1. The van der Waals surface area contributed by atoms with Gasteiger partial charge in [0.15, 0.2) is 0 Å². The highest BCUT2D eigenvalue weighted by Gasteiger charge is 2.10. The van der Waals surface area contributed by atoms with E-state index in [1.54, 1.807) is 4.68 Å². The highest BCUT2D eigenvalue weighted by molar-refractivity contribution is 7.98. The Kier molecular flexibility index (Phi) is 3.43. The monoisotopic (exact) mass is 247 g/mol. The molecule has 0 saturated carbocycles. The minimum atomic E-state index is 0.767. The Labute approximate surface area is 106 Å². The van der Waals surface area contributed by atoms with Crippen molar-refractivity contribution in [1.29, 1.82) is 0 Å². The third-order valence-electron chi connectivity index (χ3n) is 2.86. The molecule has 0 aliphatic heterocycles. The third kappa shape index (κ3) is 2.47. The van der Waals surface area contributed by atoms with Crippen molar-refractivity contribution in [3.05, 3.63) is 41.1 Å². The van der Waals surface area contributed by atoms with E-state index in [2.05, 4.69) is 36.3 Å². The van der Waals surface area contributed by atoms with Gasteiger partial charge in [-0.05, 0) is 25.5 Å². The van der Waals surface area contributed by atoms with E-state index in [-0.39, 0.29) is 0 Å². The topological polar surface area (TPSA) is 43.8 Å². The fraction of sp³-hybridized carbons (Fsp3) is 0.308. The molecule has 0 bridgehead atoms. The zero-order valence-corrected chi connectivity index (χ0v) is 11.2. The number of nitrogens with two attached hydrogens (primary N) is 1. The van der Waals surface area contributed by atoms with Crippen LogP contribution >= 0.6 is 11.8 Å². The zero-order valence-electron chi connectivity index (χ0n) is 10.4. The Morgan fingerprint density at radius 3 is 2.59 bits per heavy atom. The molecule has 2 rings (SSSR count). The van der Waals surface area contributed by atoms with Gasteiger partial charge in [-0.3, -0.25) is 4.68 Å². The molecular weight excluding hydrogens is 230 g/mol. The smallest absolute Gasteiger partial charge is 0.125 e. The maximum absolute atomic E-state index is 5.99. The van der Waals surface area contributed by atoms with Crippen LogP contribution < -0.4 is 5.73 Å². The maximum atomic E-state index is 5.99. The summed E-state index contributed by atoms with van der Waals surface area (Å²) in [5, 5.41) is 4.32. The van der Waals surface area contributed by atoms with Crippen LogP contribution in [0.5, 0.6) is 0 Å². The van der Waals surface area contributed by atoms with Gasteiger partial charge in [-0.2, -0.15) is 5.10 Å². The number of nitrogens with zero attached hydrogens (tertiary/aromatic N) is 2. The molecule has 2 aromatic rings. The molecule has 90 valence electrons. The molecule has 1 heterocycles. The van der Waals surface area contributed by atoms with Crippen molar-refractivity contribution in [2.75, 3.05) is 5.73 Å². The summed E-state index contributed by atoms with van der Waals surface area (Å²) in [4.78, 5) is 1.30. The van der Waals surface area contributed by atoms with E-state index in [0.717, 1.165) is 22.8 Å². The summed E-state index contributed by atoms with van der Waals surface area (Å²) in [6.07, 6.45) is 0. The fourth-order valence-electron chi connectivity index (χ4n) is 1.77. The Morgan fingerprint density at radius 1 is 1.29 bits per heavy atom. The summed E-state index contributed by atoms with van der Waals surface area (Å²) >= 11 is 1.81. The average Bonchev–Trinajstić information content (AvgIpc) is 2.53. The summed E-state index contributed by atoms with van der Waals surface area (Å²) in [6.45, 7) is 4.13. The molecule has 0 amide bonds. The van der Waals surface area contributed by atoms with Crippen molar-refractivity contribution < 1.29 is 0 Å². The number of hydrogen-bond donors (Lipinski definition) is 1. The van der Waals surface area contributed by atoms with Crippen molar-refractivity contribution in [2.45, 2.75) is 24.5 Å². The summed E-state index contributed by atoms with van der Waals surface area (Å²) in [5.41, 5.74) is 9.46. The van der Waals surface area contributed by atoms with Crippen molar-refractivity contribution >= 4 is 17.6 Å². The van der Waals surface area contributed by atoms with Crippen LogP contribution in [0, 0.1) is 13.8 Å². The molecule has 0 atom stereocenters. The molecule has 0 aliphatic carbocycles. The first-order chi connectivity index (χ1) is 8.09. The van der Waals surface area contributed by atoms with E-state index < -0.39 is 0 Å². The number of anilines is 1. The second-order valence-electron chi connectivity index (χ2n) is 4.13. The number of benzene rings is 1. The molecule has 1 aromatic heterocycles. The predicted octanol–water partition coefficient (Wildman–Crippen LogP) is 2.91. The van der Waals surface area contributed by atoms with E-state index in [1.165, 1.54) is 10.5 Å². The molecular formula is C13H17N3S. The highest BCUT2D eigenvalue weighted by Crippen LogP contribution is 2.29. The van der Waals surface area contributed by atoms with Crippen LogP contribution in [0.2, 0.25) is 0 Å². The predicted molar refractivity (Wildman–Crippen MR) is 73.1 cm³/mol. The first kappa shape index (κ1) is 12.0. The number of rotatable bonds is 3. The van der Waals surface area contributed by atoms with Crippen LogP contribution in [-0.4, -0.2) is 9.78 Å². The fourth-order valence-corrected chi connectivity index (χ4v) is 2.89. The quantitative estimate of drug-likeness (QED) is 0.848. The van der Waals surface area contributed by atoms with Crippen LogP contribution in [0.15, 0.2) is 29.2 Å². The van der Waals surface area contributed by atoms with Crippen molar-refractivity contribution in [3.8, 4) is 0 Å². The van der Waals surface area contributed by atoms with E-state index in [0.29, 0.717) is 0 Å². The third-order valence-corrected chi connectivity index (χ3v) is 4.06. The van der Waals surface area contributed by atoms with Gasteiger partial charge in [-0.15, -0.1) is 11.8 Å². The Morgan fingerprint density at radius 2 is 2.00 bits per heavy atom. The Balaban J connectivity index is 2.15. The summed E-state index contributed by atoms with van der Waals surface area (Å²) in [7, 11) is 1.88. The van der Waals surface area contributed by atoms with E-state index in [4.69, 9.17) is 5.73 Å². The van der Waals surface area contributed by atoms with Crippen LogP contribution in [0.3, 0.4) is 0 Å². The van der Waals surface area contributed by atoms with E-state index in [9.17, 15) is 0 Å². The summed E-state index contributed by atoms with van der Waals surface area (Å²) in [6, 6.07) is 8.39. The molecule has 0 unspecified atom stereocenters. The van der Waals surface area contributed by atoms with E-state index >= 15 is 0 Å². The number of nitrogen functional groups attached to an aromatic ring is 1. The molecule has 0 fully saturated rings. The van der Waals surface area contributed by atoms with E-state index in [1.807, 2.05) is 25.7 Å². The van der Waals surface area contributed by atoms with Crippen LogP contribution in [0.4, 0.5) is 5.82 Å². The molecule has 0 radical (unpaired) electrons. The SMILES string of the molecule is Cc1ccccc1SCc1c(C)nn(C)c1N. The summed E-state index contributed by atoms with van der Waals surface area (Å²) < 4.78 is 1.74. The maximum Gasteiger partial charge on any atom is 0.125 e. The van der Waals surface area contributed by atoms with Crippen LogP contribution in [0.25, 0.3) is 0 Å². The lowest BCUT2D eigenvalue weighted by atomic mass is 10.2. The normalized spacial score (nSPS) is 10.8. The molecule has 0 spiro atoms. The minimum absolute atomic E-state index is 0.767. The number of aryl methyl sites for hydroxylation is 3. The molecule has 3 nitrogen and oxygen atoms in total. The van der Waals surface area contributed by atoms with Gasteiger partial charge in [0.25, 0.3) is 0 Å². The van der Waals surface area contributed by atoms with Gasteiger partial charge in [0.2, 0.25) is 0 Å². The first-order valence-corrected chi connectivity index (χ1v) is 6.54. The molecule has 0 saturated heterocycles. The first-order valence-electron chi connectivity index (χ1n) is 5.56. The minimum Gasteiger partial charge on any atom is -0.384 e. The molecule has 0 aliphatic rings. The molecule has 17 heavy (non-hydrogen) atoms. The standard InChI is InChI=1S/C13H17N3S/c1-9-6-4-5-7-12(9)17-8-11-10(2)15-16(3)13(11)14/h4-7H,8,14H2,1-3H3. The average molecular weight is 247 g/mol. The van der Waals surface area contributed by atoms with Gasteiger partial charge in [-0.25, -0.2) is 0 Å². The highest BCUT2D eigenvalue weighted by atomic mass is 32.2. The van der Waals surface area contributed by atoms with Crippen LogP contribution in [0.1, 0.15) is 16.8 Å². The van der Waals surface area contributed by atoms with Gasteiger partial charge in [0.1, 0.15) is 5.82 Å². The zero-order chi connectivity index (χ0) is 12.4. The Bertz CT molecular complexity index is 531. The van der Waals surface area contributed by atoms with Gasteiger partial charge >= 0.3 is 0 Å². The van der Waals surface area contributed by atoms with Gasteiger partial charge in [0, 0.05) is 23.3 Å². The molecule has 4 heteroatoms. The number of aromatic nitrogens is 2. The summed E-state index contributed by atoms with van der Waals surface area (Å²) in [5.74, 6) is 1.64. The van der Waals surface area contributed by atoms with Crippen molar-refractivity contribution in [2.24, 2.45) is 7.05 Å². The van der Waals surface area contributed by atoms with Gasteiger partial charge in [-0.1, -0.05) is 18.2 Å². The van der Waals surface area contributed by atoms with Crippen molar-refractivity contribution in [1.82, 2.24) is 9.78 Å². The number of hydrogen-bond acceptors (Lipinski definition) is 3. The largest absolute Gasteiger partial charge is 0.384 e. The van der Waals surface area contributed by atoms with Gasteiger partial charge in [0.05, 0.1) is 5.69 Å². The molecule has 1 aromatic carbocycles. The lowest BCUT2D eigenvalue weighted by molar-refractivity contribution is 0.767. The van der Waals surface area contributed by atoms with Crippen LogP contribution in [-0.2, 0) is 12.8 Å². The van der Waals surface area contributed by atoms with Gasteiger partial charge < -0.3 is 5.73 Å². The second-order valence-corrected chi connectivity index (χ2v) is 5.14. The second kappa shape index (κ2) is 4.84. The lowest BCUT2D eigenvalue weighted by Crippen LogP contribution is -1.99.